The molecule has 1 aliphatic carbocycles. The van der Waals surface area contributed by atoms with E-state index in [0.717, 1.165) is 38.8 Å². The smallest absolute Gasteiger partial charge is 0.214 e. The molecule has 0 radical (unpaired) electrons. The highest BCUT2D eigenvalue weighted by atomic mass is 32.2. The first kappa shape index (κ1) is 14.2. The fraction of sp³-hybridized carbons (Fsp3) is 1.00. The van der Waals surface area contributed by atoms with Gasteiger partial charge < -0.3 is 10.4 Å². The molecule has 2 aliphatic rings. The lowest BCUT2D eigenvalue weighted by atomic mass is 9.82. The molecule has 1 heterocycles. The fourth-order valence-corrected chi connectivity index (χ4v) is 4.42. The topological polar surface area (TPSA) is 69.6 Å². The summed E-state index contributed by atoms with van der Waals surface area (Å²) in [7, 11) is -1.46. The van der Waals surface area contributed by atoms with Gasteiger partial charge in [0.2, 0.25) is 10.0 Å². The van der Waals surface area contributed by atoms with Crippen molar-refractivity contribution >= 4 is 10.0 Å². The predicted octanol–water partition coefficient (Wildman–Crippen LogP) is 0.0185. The number of aliphatic hydroxyl groups is 1. The minimum atomic E-state index is -3.12. The normalized spacial score (nSPS) is 30.4. The van der Waals surface area contributed by atoms with Crippen molar-refractivity contribution in [2.45, 2.75) is 31.8 Å². The lowest BCUT2D eigenvalue weighted by Gasteiger charge is -2.34. The molecule has 0 amide bonds. The molecule has 0 atom stereocenters. The standard InChI is InChI=1S/C12H24N2O3S/c1-14(8-11-6-12(15)7-11)18(16,17)9-10-2-4-13-5-3-10/h10-13,15H,2-9H2,1H3. The van der Waals surface area contributed by atoms with Gasteiger partial charge in [-0.25, -0.2) is 12.7 Å². The number of hydrogen-bond donors (Lipinski definition) is 2. The van der Waals surface area contributed by atoms with E-state index in [1.54, 1.807) is 7.05 Å². The maximum atomic E-state index is 12.2. The summed E-state index contributed by atoms with van der Waals surface area (Å²) in [5.74, 6) is 0.916. The SMILES string of the molecule is CN(CC1CC(O)C1)S(=O)(=O)CC1CCNCC1. The van der Waals surface area contributed by atoms with Crippen LogP contribution in [0.25, 0.3) is 0 Å². The van der Waals surface area contributed by atoms with Gasteiger partial charge in [-0.1, -0.05) is 0 Å². The Balaban J connectivity index is 1.81. The second kappa shape index (κ2) is 5.86. The number of sulfonamides is 1. The first-order chi connectivity index (χ1) is 8.47. The molecule has 2 rings (SSSR count). The van der Waals surface area contributed by atoms with E-state index in [2.05, 4.69) is 5.32 Å². The number of aliphatic hydroxyl groups excluding tert-OH is 1. The monoisotopic (exact) mass is 276 g/mol. The minimum Gasteiger partial charge on any atom is -0.393 e. The summed E-state index contributed by atoms with van der Waals surface area (Å²) < 4.78 is 25.9. The van der Waals surface area contributed by atoms with Crippen LogP contribution in [-0.4, -0.2) is 56.4 Å². The van der Waals surface area contributed by atoms with Crippen LogP contribution in [0.1, 0.15) is 25.7 Å². The average molecular weight is 276 g/mol. The van der Waals surface area contributed by atoms with Crippen molar-refractivity contribution in [1.29, 1.82) is 0 Å². The van der Waals surface area contributed by atoms with Gasteiger partial charge in [0.05, 0.1) is 11.9 Å². The second-order valence-electron chi connectivity index (χ2n) is 5.74. The van der Waals surface area contributed by atoms with Crippen LogP contribution in [-0.2, 0) is 10.0 Å². The third-order valence-corrected chi connectivity index (χ3v) is 6.10. The lowest BCUT2D eigenvalue weighted by molar-refractivity contribution is 0.0367. The van der Waals surface area contributed by atoms with Crippen molar-refractivity contribution < 1.29 is 13.5 Å². The van der Waals surface area contributed by atoms with Gasteiger partial charge in [0.15, 0.2) is 0 Å². The zero-order chi connectivity index (χ0) is 13.2. The molecule has 2 fully saturated rings. The first-order valence-electron chi connectivity index (χ1n) is 6.80. The average Bonchev–Trinajstić information content (AvgIpc) is 2.27. The highest BCUT2D eigenvalue weighted by Gasteiger charge is 2.32. The molecule has 0 aromatic rings. The Kier molecular flexibility index (Phi) is 4.64. The van der Waals surface area contributed by atoms with Crippen LogP contribution in [0.5, 0.6) is 0 Å². The molecule has 0 unspecified atom stereocenters. The molecule has 0 bridgehead atoms. The van der Waals surface area contributed by atoms with Crippen LogP contribution >= 0.6 is 0 Å². The van der Waals surface area contributed by atoms with Gasteiger partial charge in [0, 0.05) is 13.6 Å². The molecular weight excluding hydrogens is 252 g/mol. The molecule has 1 saturated heterocycles. The van der Waals surface area contributed by atoms with Crippen molar-refractivity contribution in [3.05, 3.63) is 0 Å². The quantitative estimate of drug-likeness (QED) is 0.743. The van der Waals surface area contributed by atoms with Crippen molar-refractivity contribution in [2.24, 2.45) is 11.8 Å². The molecule has 6 heteroatoms. The van der Waals surface area contributed by atoms with E-state index in [-0.39, 0.29) is 11.9 Å². The molecule has 1 saturated carbocycles. The van der Waals surface area contributed by atoms with E-state index in [4.69, 9.17) is 0 Å². The van der Waals surface area contributed by atoms with E-state index in [0.29, 0.717) is 18.4 Å². The van der Waals surface area contributed by atoms with E-state index in [1.165, 1.54) is 4.31 Å². The second-order valence-corrected chi connectivity index (χ2v) is 7.86. The summed E-state index contributed by atoms with van der Waals surface area (Å²) in [4.78, 5) is 0. The molecule has 106 valence electrons. The van der Waals surface area contributed by atoms with Gasteiger partial charge >= 0.3 is 0 Å². The van der Waals surface area contributed by atoms with Crippen molar-refractivity contribution in [2.75, 3.05) is 32.4 Å². The number of piperidine rings is 1. The maximum Gasteiger partial charge on any atom is 0.214 e. The van der Waals surface area contributed by atoms with E-state index in [9.17, 15) is 13.5 Å². The summed E-state index contributed by atoms with van der Waals surface area (Å²) in [5.41, 5.74) is 0. The summed E-state index contributed by atoms with van der Waals surface area (Å²) in [6.45, 7) is 2.42. The largest absolute Gasteiger partial charge is 0.393 e. The van der Waals surface area contributed by atoms with Gasteiger partial charge in [-0.15, -0.1) is 0 Å². The highest BCUT2D eigenvalue weighted by Crippen LogP contribution is 2.28. The van der Waals surface area contributed by atoms with Crippen molar-refractivity contribution in [3.63, 3.8) is 0 Å². The zero-order valence-electron chi connectivity index (χ0n) is 11.0. The van der Waals surface area contributed by atoms with Crippen LogP contribution in [0, 0.1) is 11.8 Å². The third-order valence-electron chi connectivity index (χ3n) is 4.11. The van der Waals surface area contributed by atoms with Gasteiger partial charge in [0.25, 0.3) is 0 Å². The maximum absolute atomic E-state index is 12.2. The van der Waals surface area contributed by atoms with Crippen LogP contribution in [0.2, 0.25) is 0 Å². The molecule has 5 nitrogen and oxygen atoms in total. The highest BCUT2D eigenvalue weighted by molar-refractivity contribution is 7.89. The van der Waals surface area contributed by atoms with Gasteiger partial charge in [-0.3, -0.25) is 0 Å². The molecule has 1 aliphatic heterocycles. The Bertz CT molecular complexity index is 360. The van der Waals surface area contributed by atoms with Gasteiger partial charge in [0.1, 0.15) is 0 Å². The van der Waals surface area contributed by atoms with E-state index >= 15 is 0 Å². The molecule has 0 spiro atoms. The van der Waals surface area contributed by atoms with Gasteiger partial charge in [-0.05, 0) is 50.6 Å². The number of rotatable bonds is 5. The van der Waals surface area contributed by atoms with Crippen molar-refractivity contribution in [3.8, 4) is 0 Å². The number of nitrogens with one attached hydrogen (secondary N) is 1. The molecule has 0 aromatic carbocycles. The van der Waals surface area contributed by atoms with E-state index < -0.39 is 10.0 Å². The lowest BCUT2D eigenvalue weighted by Crippen LogP contribution is -2.42. The van der Waals surface area contributed by atoms with Crippen molar-refractivity contribution in [1.82, 2.24) is 9.62 Å². The van der Waals surface area contributed by atoms with Crippen LogP contribution in [0.3, 0.4) is 0 Å². The minimum absolute atomic E-state index is 0.212. The number of hydrogen-bond acceptors (Lipinski definition) is 4. The van der Waals surface area contributed by atoms with Gasteiger partial charge in [-0.2, -0.15) is 0 Å². The Morgan fingerprint density at radius 3 is 2.39 bits per heavy atom. The van der Waals surface area contributed by atoms with Crippen LogP contribution in [0.15, 0.2) is 0 Å². The van der Waals surface area contributed by atoms with E-state index in [1.807, 2.05) is 0 Å². The summed E-state index contributed by atoms with van der Waals surface area (Å²) >= 11 is 0. The van der Waals surface area contributed by atoms with Crippen LogP contribution < -0.4 is 5.32 Å². The Morgan fingerprint density at radius 2 is 1.83 bits per heavy atom. The summed E-state index contributed by atoms with van der Waals surface area (Å²) in [5, 5.41) is 12.5. The first-order valence-corrected chi connectivity index (χ1v) is 8.41. The number of nitrogens with zero attached hydrogens (tertiary/aromatic N) is 1. The Labute approximate surface area is 110 Å². The molecule has 0 aromatic heterocycles. The molecule has 18 heavy (non-hydrogen) atoms. The predicted molar refractivity (Wildman–Crippen MR) is 70.7 cm³/mol. The summed E-state index contributed by atoms with van der Waals surface area (Å²) in [6.07, 6.45) is 3.18. The fourth-order valence-electron chi connectivity index (χ4n) is 2.80. The zero-order valence-corrected chi connectivity index (χ0v) is 11.8. The Hall–Kier alpha value is -0.170. The molecule has 2 N–H and O–H groups in total. The summed E-state index contributed by atoms with van der Waals surface area (Å²) in [6, 6.07) is 0. The Morgan fingerprint density at radius 1 is 1.22 bits per heavy atom. The third kappa shape index (κ3) is 3.66. The molecular formula is C12H24N2O3S. The van der Waals surface area contributed by atoms with Crippen LogP contribution in [0.4, 0.5) is 0 Å².